The van der Waals surface area contributed by atoms with Crippen molar-refractivity contribution in [3.05, 3.63) is 0 Å². The maximum absolute atomic E-state index is 9.93. The topological polar surface area (TPSA) is 93.4 Å². The van der Waals surface area contributed by atoms with Gasteiger partial charge in [-0.05, 0) is 38.6 Å². The summed E-state index contributed by atoms with van der Waals surface area (Å²) < 4.78 is 5.90. The van der Waals surface area contributed by atoms with E-state index in [1.54, 1.807) is 0 Å². The molecule has 0 aromatic carbocycles. The summed E-state index contributed by atoms with van der Waals surface area (Å²) in [5, 5.41) is 38.8. The van der Waals surface area contributed by atoms with Gasteiger partial charge in [-0.25, -0.2) is 0 Å². The van der Waals surface area contributed by atoms with E-state index in [-0.39, 0.29) is 6.61 Å². The van der Waals surface area contributed by atoms with E-state index in [2.05, 4.69) is 0 Å². The summed E-state index contributed by atoms with van der Waals surface area (Å²) >= 11 is 0. The van der Waals surface area contributed by atoms with E-state index in [0.29, 0.717) is 19.2 Å². The summed E-state index contributed by atoms with van der Waals surface area (Å²) in [5.74, 6) is 0. The Balaban J connectivity index is 1.59. The first-order valence-corrected chi connectivity index (χ1v) is 9.14. The third-order valence-corrected chi connectivity index (χ3v) is 5.21. The van der Waals surface area contributed by atoms with E-state index in [9.17, 15) is 20.4 Å². The van der Waals surface area contributed by atoms with E-state index in [1.807, 2.05) is 4.90 Å². The molecule has 136 valence electrons. The van der Waals surface area contributed by atoms with Gasteiger partial charge in [-0.1, -0.05) is 19.3 Å². The van der Waals surface area contributed by atoms with Crippen molar-refractivity contribution < 1.29 is 25.2 Å². The van der Waals surface area contributed by atoms with Crippen LogP contribution in [-0.4, -0.2) is 82.1 Å². The van der Waals surface area contributed by atoms with Crippen LogP contribution >= 0.6 is 0 Å². The maximum Gasteiger partial charge on any atom is 0.109 e. The fourth-order valence-corrected chi connectivity index (χ4v) is 3.71. The van der Waals surface area contributed by atoms with Crippen molar-refractivity contribution in [1.82, 2.24) is 4.90 Å². The van der Waals surface area contributed by atoms with Gasteiger partial charge in [0.2, 0.25) is 0 Å². The molecule has 4 N–H and O–H groups in total. The van der Waals surface area contributed by atoms with Crippen molar-refractivity contribution in [1.29, 1.82) is 0 Å². The predicted octanol–water partition coefficient (Wildman–Crippen LogP) is 0.265. The Morgan fingerprint density at radius 2 is 1.65 bits per heavy atom. The molecule has 1 aliphatic heterocycles. The Morgan fingerprint density at radius 3 is 2.35 bits per heavy atom. The molecule has 6 heteroatoms. The third-order valence-electron chi connectivity index (χ3n) is 5.21. The molecular weight excluding hydrogens is 298 g/mol. The van der Waals surface area contributed by atoms with Crippen molar-refractivity contribution >= 4 is 0 Å². The first-order valence-electron chi connectivity index (χ1n) is 9.14. The van der Waals surface area contributed by atoms with Crippen LogP contribution < -0.4 is 0 Å². The number of β-amino-alcohol motifs (C(OH)–C–C–N with tert-alkyl or cyclic N) is 1. The Morgan fingerprint density at radius 1 is 0.913 bits per heavy atom. The first kappa shape index (κ1) is 19.1. The smallest absolute Gasteiger partial charge is 0.109 e. The Labute approximate surface area is 139 Å². The Bertz CT molecular complexity index is 324. The van der Waals surface area contributed by atoms with Gasteiger partial charge in [-0.2, -0.15) is 0 Å². The number of unbranched alkanes of at least 4 members (excludes halogenated alkanes) is 2. The highest BCUT2D eigenvalue weighted by molar-refractivity contribution is 4.93. The average molecular weight is 331 g/mol. The molecule has 0 bridgehead atoms. The molecule has 2 fully saturated rings. The monoisotopic (exact) mass is 331 g/mol. The lowest BCUT2D eigenvalue weighted by Gasteiger charge is -2.43. The van der Waals surface area contributed by atoms with E-state index in [4.69, 9.17) is 4.74 Å². The zero-order valence-corrected chi connectivity index (χ0v) is 14.0. The van der Waals surface area contributed by atoms with Crippen LogP contribution in [0, 0.1) is 0 Å². The SMILES string of the molecule is OC[C@@H]1[C@@H](O)[C@H](O)[C@@H](O)CN1CCCCCOC1CCCCC1. The van der Waals surface area contributed by atoms with Crippen LogP contribution in [0.25, 0.3) is 0 Å². The molecule has 0 aromatic rings. The molecule has 6 nitrogen and oxygen atoms in total. The second kappa shape index (κ2) is 9.91. The van der Waals surface area contributed by atoms with Crippen LogP contribution in [0.3, 0.4) is 0 Å². The summed E-state index contributed by atoms with van der Waals surface area (Å²) in [6.07, 6.45) is 6.52. The number of aliphatic hydroxyl groups is 4. The second-order valence-corrected chi connectivity index (χ2v) is 6.98. The molecule has 0 radical (unpaired) electrons. The minimum Gasteiger partial charge on any atom is -0.395 e. The van der Waals surface area contributed by atoms with Crippen molar-refractivity contribution in [3.63, 3.8) is 0 Å². The third kappa shape index (κ3) is 5.66. The highest BCUT2D eigenvalue weighted by Gasteiger charge is 2.40. The molecule has 23 heavy (non-hydrogen) atoms. The number of likely N-dealkylation sites (tertiary alicyclic amines) is 1. The van der Waals surface area contributed by atoms with Gasteiger partial charge < -0.3 is 25.2 Å². The molecule has 1 aliphatic carbocycles. The number of ether oxygens (including phenoxy) is 1. The maximum atomic E-state index is 9.93. The zero-order valence-electron chi connectivity index (χ0n) is 14.0. The van der Waals surface area contributed by atoms with Gasteiger partial charge in [0.05, 0.1) is 24.9 Å². The summed E-state index contributed by atoms with van der Waals surface area (Å²) in [6, 6.07) is -0.494. The molecule has 0 amide bonds. The molecule has 1 saturated carbocycles. The number of nitrogens with zero attached hydrogens (tertiary/aromatic N) is 1. The van der Waals surface area contributed by atoms with Crippen LogP contribution in [0.15, 0.2) is 0 Å². The molecule has 0 aromatic heterocycles. The minimum absolute atomic E-state index is 0.213. The van der Waals surface area contributed by atoms with Gasteiger partial charge in [0, 0.05) is 13.2 Å². The summed E-state index contributed by atoms with van der Waals surface area (Å²) in [5.41, 5.74) is 0. The van der Waals surface area contributed by atoms with Crippen molar-refractivity contribution in [3.8, 4) is 0 Å². The van der Waals surface area contributed by atoms with Crippen LogP contribution in [0.2, 0.25) is 0 Å². The van der Waals surface area contributed by atoms with Gasteiger partial charge in [0.25, 0.3) is 0 Å². The number of rotatable bonds is 8. The van der Waals surface area contributed by atoms with E-state index < -0.39 is 24.4 Å². The number of hydrogen-bond acceptors (Lipinski definition) is 6. The van der Waals surface area contributed by atoms with Gasteiger partial charge in [-0.3, -0.25) is 4.90 Å². The van der Waals surface area contributed by atoms with Crippen molar-refractivity contribution in [2.24, 2.45) is 0 Å². The van der Waals surface area contributed by atoms with Crippen LogP contribution in [0.4, 0.5) is 0 Å². The molecular formula is C17H33NO5. The predicted molar refractivity (Wildman–Crippen MR) is 87.1 cm³/mol. The Kier molecular flexibility index (Phi) is 8.23. The van der Waals surface area contributed by atoms with Crippen LogP contribution in [0.1, 0.15) is 51.4 Å². The molecule has 2 aliphatic rings. The van der Waals surface area contributed by atoms with Gasteiger partial charge in [0.1, 0.15) is 12.2 Å². The second-order valence-electron chi connectivity index (χ2n) is 6.98. The highest BCUT2D eigenvalue weighted by atomic mass is 16.5. The normalized spacial score (nSPS) is 33.9. The van der Waals surface area contributed by atoms with Gasteiger partial charge in [0.15, 0.2) is 0 Å². The lowest BCUT2D eigenvalue weighted by atomic mass is 9.94. The standard InChI is InChI=1S/C17H33NO5/c19-12-14-16(21)17(22)15(20)11-18(14)9-5-2-6-10-23-13-7-3-1-4-8-13/h13-17,19-22H,1-12H2/t14-,15+,16-,17-/m1/s1. The Hall–Kier alpha value is -0.240. The highest BCUT2D eigenvalue weighted by Crippen LogP contribution is 2.21. The molecule has 1 heterocycles. The van der Waals surface area contributed by atoms with Crippen LogP contribution in [0.5, 0.6) is 0 Å². The molecule has 1 saturated heterocycles. The van der Waals surface area contributed by atoms with E-state index >= 15 is 0 Å². The van der Waals surface area contributed by atoms with Crippen LogP contribution in [-0.2, 0) is 4.74 Å². The number of piperidine rings is 1. The van der Waals surface area contributed by atoms with Crippen molar-refractivity contribution in [2.75, 3.05) is 26.3 Å². The van der Waals surface area contributed by atoms with Crippen molar-refractivity contribution in [2.45, 2.75) is 81.8 Å². The lowest BCUT2D eigenvalue weighted by Crippen LogP contribution is -2.62. The summed E-state index contributed by atoms with van der Waals surface area (Å²) in [7, 11) is 0. The fraction of sp³-hybridized carbons (Fsp3) is 1.00. The van der Waals surface area contributed by atoms with E-state index in [0.717, 1.165) is 25.9 Å². The van der Waals surface area contributed by atoms with E-state index in [1.165, 1.54) is 32.1 Å². The first-order chi connectivity index (χ1) is 11.1. The zero-order chi connectivity index (χ0) is 16.7. The molecule has 2 rings (SSSR count). The molecule has 4 atom stereocenters. The summed E-state index contributed by atoms with van der Waals surface area (Å²) in [4.78, 5) is 1.88. The molecule has 0 unspecified atom stereocenters. The fourth-order valence-electron chi connectivity index (χ4n) is 3.71. The van der Waals surface area contributed by atoms with Gasteiger partial charge in [-0.15, -0.1) is 0 Å². The minimum atomic E-state index is -1.17. The lowest BCUT2D eigenvalue weighted by molar-refractivity contribution is -0.145. The molecule has 0 spiro atoms. The van der Waals surface area contributed by atoms with Gasteiger partial charge >= 0.3 is 0 Å². The average Bonchev–Trinajstić information content (AvgIpc) is 2.57. The number of hydrogen-bond donors (Lipinski definition) is 4. The number of aliphatic hydroxyl groups excluding tert-OH is 4. The largest absolute Gasteiger partial charge is 0.395 e. The quantitative estimate of drug-likeness (QED) is 0.477. The summed E-state index contributed by atoms with van der Waals surface area (Å²) in [6.45, 7) is 1.59.